The van der Waals surface area contributed by atoms with Crippen LogP contribution < -0.4 is 11.1 Å². The summed E-state index contributed by atoms with van der Waals surface area (Å²) in [4.78, 5) is 13.7. The third-order valence-electron chi connectivity index (χ3n) is 4.41. The largest absolute Gasteiger partial charge is 0.349 e. The van der Waals surface area contributed by atoms with Crippen LogP contribution in [0, 0.1) is 11.8 Å². The number of halogens is 1. The zero-order valence-electron chi connectivity index (χ0n) is 14.2. The van der Waals surface area contributed by atoms with E-state index >= 15 is 0 Å². The van der Waals surface area contributed by atoms with Crippen LogP contribution in [0.4, 0.5) is 0 Å². The summed E-state index contributed by atoms with van der Waals surface area (Å²) in [6, 6.07) is 8.56. The topological polar surface area (TPSA) is 55.1 Å². The number of carbonyl (C=O) groups excluding carboxylic acids is 1. The van der Waals surface area contributed by atoms with Gasteiger partial charge >= 0.3 is 0 Å². The number of benzene rings is 1. The fraction of sp³-hybridized carbons (Fsp3) is 0.611. The molecule has 3 atom stereocenters. The molecule has 1 aromatic rings. The molecule has 1 aromatic carbocycles. The van der Waals surface area contributed by atoms with Gasteiger partial charge in [-0.3, -0.25) is 4.79 Å². The Labute approximate surface area is 150 Å². The molecule has 0 saturated heterocycles. The van der Waals surface area contributed by atoms with Crippen LogP contribution in [0.15, 0.2) is 29.2 Å². The van der Waals surface area contributed by atoms with Crippen molar-refractivity contribution in [2.75, 3.05) is 6.54 Å². The number of nitrogens with two attached hydrogens (primary N) is 1. The number of carbonyl (C=O) groups is 1. The molecule has 1 fully saturated rings. The zero-order chi connectivity index (χ0) is 16.1. The summed E-state index contributed by atoms with van der Waals surface area (Å²) in [6.45, 7) is 7.05. The van der Waals surface area contributed by atoms with E-state index in [-0.39, 0.29) is 30.3 Å². The molecule has 0 bridgehead atoms. The predicted molar refractivity (Wildman–Crippen MR) is 101 cm³/mol. The lowest BCUT2D eigenvalue weighted by molar-refractivity contribution is -0.126. The average Bonchev–Trinajstić information content (AvgIpc) is 2.95. The van der Waals surface area contributed by atoms with Crippen molar-refractivity contribution in [2.45, 2.75) is 56.2 Å². The van der Waals surface area contributed by atoms with Crippen molar-refractivity contribution in [1.29, 1.82) is 0 Å². The third kappa shape index (κ3) is 5.70. The molecule has 23 heavy (non-hydrogen) atoms. The summed E-state index contributed by atoms with van der Waals surface area (Å²) >= 11 is 1.86. The van der Waals surface area contributed by atoms with E-state index in [0.717, 1.165) is 24.8 Å². The molecule has 130 valence electrons. The summed E-state index contributed by atoms with van der Waals surface area (Å²) in [7, 11) is 0. The number of hydrogen-bond acceptors (Lipinski definition) is 3. The summed E-state index contributed by atoms with van der Waals surface area (Å²) in [6.07, 6.45) is 3.18. The Balaban J connectivity index is 0.00000264. The first-order valence-electron chi connectivity index (χ1n) is 8.28. The Morgan fingerprint density at radius 3 is 2.48 bits per heavy atom. The van der Waals surface area contributed by atoms with Crippen molar-refractivity contribution in [3.05, 3.63) is 29.8 Å². The SMILES string of the molecule is CC(C)Sc1ccc(C(C)NC(=O)[C@@H]2CCC[C@@H]2CN)cc1.Cl. The zero-order valence-corrected chi connectivity index (χ0v) is 15.9. The highest BCUT2D eigenvalue weighted by Gasteiger charge is 2.32. The maximum absolute atomic E-state index is 12.4. The highest BCUT2D eigenvalue weighted by Crippen LogP contribution is 2.31. The Morgan fingerprint density at radius 1 is 1.26 bits per heavy atom. The molecule has 5 heteroatoms. The summed E-state index contributed by atoms with van der Waals surface area (Å²) in [5, 5.41) is 3.74. The van der Waals surface area contributed by atoms with Crippen molar-refractivity contribution in [2.24, 2.45) is 17.6 Å². The highest BCUT2D eigenvalue weighted by molar-refractivity contribution is 7.99. The molecule has 0 radical (unpaired) electrons. The normalized spacial score (nSPS) is 21.8. The quantitative estimate of drug-likeness (QED) is 0.752. The molecule has 0 aromatic heterocycles. The van der Waals surface area contributed by atoms with Gasteiger partial charge in [-0.1, -0.05) is 32.4 Å². The van der Waals surface area contributed by atoms with E-state index in [2.05, 4.69) is 50.4 Å². The van der Waals surface area contributed by atoms with E-state index in [1.807, 2.05) is 11.8 Å². The van der Waals surface area contributed by atoms with Gasteiger partial charge in [0.2, 0.25) is 5.91 Å². The lowest BCUT2D eigenvalue weighted by Gasteiger charge is -2.21. The molecule has 1 aliphatic carbocycles. The molecule has 0 spiro atoms. The van der Waals surface area contributed by atoms with Crippen LogP contribution in [0.3, 0.4) is 0 Å². The predicted octanol–water partition coefficient (Wildman–Crippen LogP) is 4.16. The van der Waals surface area contributed by atoms with Crippen LogP contribution in [-0.2, 0) is 4.79 Å². The van der Waals surface area contributed by atoms with Crippen LogP contribution in [0.1, 0.15) is 51.6 Å². The molecule has 1 unspecified atom stereocenters. The molecule has 1 amide bonds. The van der Waals surface area contributed by atoms with Gasteiger partial charge < -0.3 is 11.1 Å². The summed E-state index contributed by atoms with van der Waals surface area (Å²) in [5.74, 6) is 0.626. The number of amides is 1. The first-order valence-corrected chi connectivity index (χ1v) is 9.16. The Morgan fingerprint density at radius 2 is 1.91 bits per heavy atom. The smallest absolute Gasteiger partial charge is 0.223 e. The standard InChI is InChI=1S/C18H28N2OS.ClH/c1-12(2)22-16-9-7-14(8-10-16)13(3)20-18(21)17-6-4-5-15(17)11-19;/h7-10,12-13,15,17H,4-6,11,19H2,1-3H3,(H,20,21);1H/t13?,15-,17-;/m1./s1. The molecule has 1 saturated carbocycles. The number of rotatable bonds is 6. The van der Waals surface area contributed by atoms with Gasteiger partial charge in [0.25, 0.3) is 0 Å². The lowest BCUT2D eigenvalue weighted by Crippen LogP contribution is -2.36. The molecule has 2 rings (SSSR count). The molecule has 0 aliphatic heterocycles. The van der Waals surface area contributed by atoms with Crippen LogP contribution >= 0.6 is 24.2 Å². The van der Waals surface area contributed by atoms with Gasteiger partial charge in [-0.15, -0.1) is 24.2 Å². The maximum atomic E-state index is 12.4. The van der Waals surface area contributed by atoms with E-state index in [0.29, 0.717) is 17.7 Å². The molecular weight excluding hydrogens is 328 g/mol. The first-order chi connectivity index (χ1) is 10.5. The van der Waals surface area contributed by atoms with E-state index in [1.165, 1.54) is 4.90 Å². The Kier molecular flexibility index (Phi) is 8.45. The van der Waals surface area contributed by atoms with E-state index in [4.69, 9.17) is 5.73 Å². The summed E-state index contributed by atoms with van der Waals surface area (Å²) in [5.41, 5.74) is 6.93. The first kappa shape index (κ1) is 20.3. The molecular formula is C18H29ClN2OS. The Bertz CT molecular complexity index is 492. The maximum Gasteiger partial charge on any atom is 0.223 e. The van der Waals surface area contributed by atoms with Crippen molar-refractivity contribution >= 4 is 30.1 Å². The molecule has 3 nitrogen and oxygen atoms in total. The van der Waals surface area contributed by atoms with Crippen molar-refractivity contribution < 1.29 is 4.79 Å². The monoisotopic (exact) mass is 356 g/mol. The van der Waals surface area contributed by atoms with Crippen molar-refractivity contribution in [1.82, 2.24) is 5.32 Å². The van der Waals surface area contributed by atoms with Gasteiger partial charge in [0.15, 0.2) is 0 Å². The number of hydrogen-bond donors (Lipinski definition) is 2. The van der Waals surface area contributed by atoms with Crippen LogP contribution in [-0.4, -0.2) is 17.7 Å². The minimum atomic E-state index is 0. The second-order valence-electron chi connectivity index (χ2n) is 6.50. The average molecular weight is 357 g/mol. The second kappa shape index (κ2) is 9.55. The van der Waals surface area contributed by atoms with Crippen molar-refractivity contribution in [3.8, 4) is 0 Å². The fourth-order valence-corrected chi connectivity index (χ4v) is 4.01. The van der Waals surface area contributed by atoms with Gasteiger partial charge in [-0.25, -0.2) is 0 Å². The lowest BCUT2D eigenvalue weighted by atomic mass is 9.95. The fourth-order valence-electron chi connectivity index (χ4n) is 3.18. The van der Waals surface area contributed by atoms with Gasteiger partial charge in [0.1, 0.15) is 0 Å². The van der Waals surface area contributed by atoms with Gasteiger partial charge in [-0.2, -0.15) is 0 Å². The molecule has 3 N–H and O–H groups in total. The van der Waals surface area contributed by atoms with E-state index in [1.54, 1.807) is 0 Å². The van der Waals surface area contributed by atoms with Crippen LogP contribution in [0.2, 0.25) is 0 Å². The number of thioether (sulfide) groups is 1. The minimum absolute atomic E-state index is 0. The highest BCUT2D eigenvalue weighted by atomic mass is 35.5. The molecule has 0 heterocycles. The third-order valence-corrected chi connectivity index (χ3v) is 5.42. The summed E-state index contributed by atoms with van der Waals surface area (Å²) < 4.78 is 0. The number of nitrogens with one attached hydrogen (secondary N) is 1. The van der Waals surface area contributed by atoms with Gasteiger partial charge in [0.05, 0.1) is 6.04 Å². The minimum Gasteiger partial charge on any atom is -0.349 e. The van der Waals surface area contributed by atoms with Crippen LogP contribution in [0.25, 0.3) is 0 Å². The van der Waals surface area contributed by atoms with Gasteiger partial charge in [-0.05, 0) is 49.9 Å². The van der Waals surface area contributed by atoms with Crippen LogP contribution in [0.5, 0.6) is 0 Å². The Hall–Kier alpha value is -0.710. The van der Waals surface area contributed by atoms with Crippen molar-refractivity contribution in [3.63, 3.8) is 0 Å². The van der Waals surface area contributed by atoms with E-state index < -0.39 is 0 Å². The second-order valence-corrected chi connectivity index (χ2v) is 8.15. The van der Waals surface area contributed by atoms with Gasteiger partial charge in [0, 0.05) is 16.1 Å². The molecule has 1 aliphatic rings. The van der Waals surface area contributed by atoms with E-state index in [9.17, 15) is 4.79 Å².